The molecule has 1 N–H and O–H groups in total. The Bertz CT molecular complexity index is 524. The van der Waals surface area contributed by atoms with Gasteiger partial charge in [-0.25, -0.2) is 4.98 Å². The van der Waals surface area contributed by atoms with Crippen LogP contribution in [-0.2, 0) is 6.54 Å². The molecule has 5 heteroatoms. The van der Waals surface area contributed by atoms with Crippen molar-refractivity contribution in [3.63, 3.8) is 0 Å². The Labute approximate surface area is 126 Å². The minimum Gasteiger partial charge on any atom is -0.347 e. The first-order valence-corrected chi connectivity index (χ1v) is 7.79. The molecule has 1 unspecified atom stereocenters. The van der Waals surface area contributed by atoms with Crippen LogP contribution in [0.1, 0.15) is 23.4 Å². The smallest absolute Gasteiger partial charge is 0.185 e. The normalized spacial score (nSPS) is 12.4. The highest BCUT2D eigenvalue weighted by Gasteiger charge is 2.11. The highest BCUT2D eigenvalue weighted by molar-refractivity contribution is 9.10. The van der Waals surface area contributed by atoms with E-state index < -0.39 is 0 Å². The van der Waals surface area contributed by atoms with Crippen LogP contribution in [-0.4, -0.2) is 19.1 Å². The summed E-state index contributed by atoms with van der Waals surface area (Å²) >= 11 is 5.19. The van der Waals surface area contributed by atoms with Gasteiger partial charge in [0.25, 0.3) is 0 Å². The molecule has 1 aromatic carbocycles. The molecule has 0 aliphatic heterocycles. The molecular weight excluding hydrogens is 322 g/mol. The molecule has 2 aromatic rings. The molecule has 0 aliphatic carbocycles. The number of hydrogen-bond donors (Lipinski definition) is 1. The van der Waals surface area contributed by atoms with Crippen molar-refractivity contribution in [2.75, 3.05) is 19.0 Å². The van der Waals surface area contributed by atoms with Gasteiger partial charge in [-0.3, -0.25) is 0 Å². The maximum absolute atomic E-state index is 4.49. The van der Waals surface area contributed by atoms with Crippen molar-refractivity contribution in [1.29, 1.82) is 0 Å². The zero-order valence-corrected chi connectivity index (χ0v) is 13.8. The van der Waals surface area contributed by atoms with Crippen LogP contribution in [0.3, 0.4) is 0 Å². The first kappa shape index (κ1) is 14.5. The minimum absolute atomic E-state index is 0.354. The molecule has 102 valence electrons. The standard InChI is InChI=1S/C14H18BrN3S/c1-10(16-2)13-8-17-14(19-13)18(3)9-11-4-6-12(15)7-5-11/h4-8,10,16H,9H2,1-3H3. The molecule has 1 aromatic heterocycles. The molecular formula is C14H18BrN3S. The summed E-state index contributed by atoms with van der Waals surface area (Å²) in [6.07, 6.45) is 1.96. The van der Waals surface area contributed by atoms with Gasteiger partial charge in [-0.1, -0.05) is 28.1 Å². The fourth-order valence-electron chi connectivity index (χ4n) is 1.73. The number of aromatic nitrogens is 1. The number of benzene rings is 1. The van der Waals surface area contributed by atoms with Crippen LogP contribution in [0.4, 0.5) is 5.13 Å². The van der Waals surface area contributed by atoms with Gasteiger partial charge in [-0.2, -0.15) is 0 Å². The molecule has 3 nitrogen and oxygen atoms in total. The lowest BCUT2D eigenvalue weighted by Crippen LogP contribution is -2.15. The van der Waals surface area contributed by atoms with Gasteiger partial charge in [-0.05, 0) is 31.7 Å². The Morgan fingerprint density at radius 2 is 2.05 bits per heavy atom. The summed E-state index contributed by atoms with van der Waals surface area (Å²) in [5.41, 5.74) is 1.28. The monoisotopic (exact) mass is 339 g/mol. The molecule has 0 aliphatic rings. The van der Waals surface area contributed by atoms with Crippen LogP contribution in [0.2, 0.25) is 0 Å². The van der Waals surface area contributed by atoms with Crippen molar-refractivity contribution in [3.05, 3.63) is 45.4 Å². The van der Waals surface area contributed by atoms with E-state index >= 15 is 0 Å². The number of rotatable bonds is 5. The maximum atomic E-state index is 4.49. The third-order valence-corrected chi connectivity index (χ3v) is 4.85. The third kappa shape index (κ3) is 3.78. The van der Waals surface area contributed by atoms with E-state index in [2.05, 4.69) is 69.4 Å². The molecule has 2 rings (SSSR count). The van der Waals surface area contributed by atoms with Gasteiger partial charge in [0.2, 0.25) is 0 Å². The van der Waals surface area contributed by atoms with E-state index in [1.807, 2.05) is 13.2 Å². The maximum Gasteiger partial charge on any atom is 0.185 e. The fourth-order valence-corrected chi connectivity index (χ4v) is 2.93. The molecule has 0 radical (unpaired) electrons. The Hall–Kier alpha value is -0.910. The van der Waals surface area contributed by atoms with Gasteiger partial charge in [-0.15, -0.1) is 11.3 Å². The van der Waals surface area contributed by atoms with Crippen LogP contribution in [0, 0.1) is 0 Å². The molecule has 0 saturated heterocycles. The van der Waals surface area contributed by atoms with E-state index in [9.17, 15) is 0 Å². The summed E-state index contributed by atoms with van der Waals surface area (Å²) in [7, 11) is 4.05. The number of thiazole rings is 1. The summed E-state index contributed by atoms with van der Waals surface area (Å²) in [6.45, 7) is 3.01. The average Bonchev–Trinajstić information content (AvgIpc) is 2.90. The van der Waals surface area contributed by atoms with E-state index in [-0.39, 0.29) is 0 Å². The van der Waals surface area contributed by atoms with Crippen molar-refractivity contribution >= 4 is 32.4 Å². The highest BCUT2D eigenvalue weighted by Crippen LogP contribution is 2.27. The Balaban J connectivity index is 2.05. The molecule has 0 saturated carbocycles. The molecule has 19 heavy (non-hydrogen) atoms. The summed E-state index contributed by atoms with van der Waals surface area (Å²) in [6, 6.07) is 8.75. The predicted octanol–water partition coefficient (Wildman–Crippen LogP) is 3.82. The number of nitrogens with one attached hydrogen (secondary N) is 1. The minimum atomic E-state index is 0.354. The van der Waals surface area contributed by atoms with Gasteiger partial charge < -0.3 is 10.2 Å². The average molecular weight is 340 g/mol. The van der Waals surface area contributed by atoms with Crippen LogP contribution >= 0.6 is 27.3 Å². The zero-order valence-electron chi connectivity index (χ0n) is 11.4. The topological polar surface area (TPSA) is 28.2 Å². The lowest BCUT2D eigenvalue weighted by molar-refractivity contribution is 0.662. The predicted molar refractivity (Wildman–Crippen MR) is 85.8 cm³/mol. The van der Waals surface area contributed by atoms with E-state index in [0.717, 1.165) is 16.1 Å². The Morgan fingerprint density at radius 1 is 1.37 bits per heavy atom. The molecule has 0 fully saturated rings. The second-order valence-electron chi connectivity index (χ2n) is 4.54. The van der Waals surface area contributed by atoms with Crippen molar-refractivity contribution in [1.82, 2.24) is 10.3 Å². The molecule has 1 atom stereocenters. The highest BCUT2D eigenvalue weighted by atomic mass is 79.9. The van der Waals surface area contributed by atoms with Crippen LogP contribution in [0.15, 0.2) is 34.9 Å². The Morgan fingerprint density at radius 3 is 2.68 bits per heavy atom. The summed E-state index contributed by atoms with van der Waals surface area (Å²) in [5, 5.41) is 4.29. The first-order chi connectivity index (χ1) is 9.10. The number of hydrogen-bond acceptors (Lipinski definition) is 4. The van der Waals surface area contributed by atoms with Crippen molar-refractivity contribution in [2.45, 2.75) is 19.5 Å². The second-order valence-corrected chi connectivity index (χ2v) is 6.49. The summed E-state index contributed by atoms with van der Waals surface area (Å²) in [4.78, 5) is 7.94. The number of anilines is 1. The largest absolute Gasteiger partial charge is 0.347 e. The lowest BCUT2D eigenvalue weighted by Gasteiger charge is -2.15. The molecule has 0 spiro atoms. The first-order valence-electron chi connectivity index (χ1n) is 6.18. The number of halogens is 1. The molecule has 0 bridgehead atoms. The van der Waals surface area contributed by atoms with Crippen LogP contribution < -0.4 is 10.2 Å². The van der Waals surface area contributed by atoms with Crippen molar-refractivity contribution < 1.29 is 0 Å². The summed E-state index contributed by atoms with van der Waals surface area (Å²) in [5.74, 6) is 0. The zero-order chi connectivity index (χ0) is 13.8. The van der Waals surface area contributed by atoms with Gasteiger partial charge in [0, 0.05) is 35.2 Å². The lowest BCUT2D eigenvalue weighted by atomic mass is 10.2. The van der Waals surface area contributed by atoms with Crippen LogP contribution in [0.25, 0.3) is 0 Å². The van der Waals surface area contributed by atoms with Gasteiger partial charge in [0.1, 0.15) is 0 Å². The Kier molecular flexibility index (Phi) is 4.96. The third-order valence-electron chi connectivity index (χ3n) is 3.03. The molecule has 1 heterocycles. The molecule has 0 amide bonds. The summed E-state index contributed by atoms with van der Waals surface area (Å²) < 4.78 is 1.11. The van der Waals surface area contributed by atoms with E-state index in [4.69, 9.17) is 0 Å². The van der Waals surface area contributed by atoms with Crippen molar-refractivity contribution in [3.8, 4) is 0 Å². The van der Waals surface area contributed by atoms with E-state index in [1.54, 1.807) is 11.3 Å². The SMILES string of the molecule is CNC(C)c1cnc(N(C)Cc2ccc(Br)cc2)s1. The van der Waals surface area contributed by atoms with Crippen LogP contribution in [0.5, 0.6) is 0 Å². The van der Waals surface area contributed by atoms with E-state index in [0.29, 0.717) is 6.04 Å². The second kappa shape index (κ2) is 6.50. The van der Waals surface area contributed by atoms with Gasteiger partial charge in [0.15, 0.2) is 5.13 Å². The number of nitrogens with zero attached hydrogens (tertiary/aromatic N) is 2. The van der Waals surface area contributed by atoms with E-state index in [1.165, 1.54) is 10.4 Å². The van der Waals surface area contributed by atoms with Crippen molar-refractivity contribution in [2.24, 2.45) is 0 Å². The fraction of sp³-hybridized carbons (Fsp3) is 0.357. The quantitative estimate of drug-likeness (QED) is 0.897. The van der Waals surface area contributed by atoms with Gasteiger partial charge in [0.05, 0.1) is 0 Å². The van der Waals surface area contributed by atoms with Gasteiger partial charge >= 0.3 is 0 Å².